The molecule has 3 rings (SSSR count). The van der Waals surface area contributed by atoms with Gasteiger partial charge in [-0.25, -0.2) is 0 Å². The molecule has 1 aromatic rings. The summed E-state index contributed by atoms with van der Waals surface area (Å²) in [5.41, 5.74) is 0.979. The Morgan fingerprint density at radius 1 is 1.16 bits per heavy atom. The maximum Gasteiger partial charge on any atom is 0.308 e. The number of aliphatic carboxylic acids is 1. The van der Waals surface area contributed by atoms with Gasteiger partial charge in [0.2, 0.25) is 5.91 Å². The smallest absolute Gasteiger partial charge is 0.308 e. The molecule has 0 bridgehead atoms. The van der Waals surface area contributed by atoms with E-state index in [1.807, 2.05) is 17.0 Å². The van der Waals surface area contributed by atoms with Crippen molar-refractivity contribution in [1.82, 2.24) is 15.2 Å². The molecule has 6 nitrogen and oxygen atoms in total. The highest BCUT2D eigenvalue weighted by Gasteiger charge is 2.39. The predicted molar refractivity (Wildman–Crippen MR) is 94.1 cm³/mol. The van der Waals surface area contributed by atoms with Gasteiger partial charge < -0.3 is 10.4 Å². The topological polar surface area (TPSA) is 82.5 Å². The van der Waals surface area contributed by atoms with Crippen LogP contribution in [0.2, 0.25) is 0 Å². The Hall–Kier alpha value is -1.95. The number of nitrogens with zero attached hydrogens (tertiary/aromatic N) is 2. The molecule has 1 amide bonds. The zero-order valence-electron chi connectivity index (χ0n) is 14.6. The lowest BCUT2D eigenvalue weighted by molar-refractivity contribution is -0.141. The van der Waals surface area contributed by atoms with Crippen molar-refractivity contribution in [3.05, 3.63) is 30.1 Å². The molecule has 2 atom stereocenters. The standard InChI is InChI=1S/C19H27N3O3/c23-18(21-10-14-4-2-1-3-5-14)13-22-11-16(17(12-22)19(24)25)15-6-8-20-9-7-15/h6-9,14,16-17H,1-5,10-13H2,(H,21,23)(H,24,25)/t16-,17+/m0/s1. The second-order valence-electron chi connectivity index (χ2n) is 7.33. The minimum atomic E-state index is -0.799. The summed E-state index contributed by atoms with van der Waals surface area (Å²) in [5.74, 6) is -0.759. The minimum absolute atomic E-state index is 0.00471. The third-order valence-corrected chi connectivity index (χ3v) is 5.53. The normalized spacial score (nSPS) is 25.0. The lowest BCUT2D eigenvalue weighted by Gasteiger charge is -2.22. The molecule has 2 heterocycles. The maximum absolute atomic E-state index is 12.3. The number of rotatable bonds is 6. The Labute approximate surface area is 148 Å². The van der Waals surface area contributed by atoms with E-state index < -0.39 is 11.9 Å². The second kappa shape index (κ2) is 8.43. The van der Waals surface area contributed by atoms with Crippen LogP contribution < -0.4 is 5.32 Å². The van der Waals surface area contributed by atoms with Gasteiger partial charge in [0, 0.05) is 37.9 Å². The number of aromatic nitrogens is 1. The Bertz CT molecular complexity index is 587. The van der Waals surface area contributed by atoms with E-state index in [9.17, 15) is 14.7 Å². The molecule has 2 N–H and O–H groups in total. The number of pyridine rings is 1. The van der Waals surface area contributed by atoms with Crippen LogP contribution in [0.5, 0.6) is 0 Å². The molecular weight excluding hydrogens is 318 g/mol. The molecule has 1 aliphatic carbocycles. The van der Waals surface area contributed by atoms with Gasteiger partial charge in [-0.2, -0.15) is 0 Å². The summed E-state index contributed by atoms with van der Waals surface area (Å²) < 4.78 is 0. The molecule has 2 fully saturated rings. The summed E-state index contributed by atoms with van der Waals surface area (Å²) in [6, 6.07) is 3.74. The van der Waals surface area contributed by atoms with Crippen molar-refractivity contribution in [2.45, 2.75) is 38.0 Å². The molecule has 0 radical (unpaired) electrons. The largest absolute Gasteiger partial charge is 0.481 e. The summed E-state index contributed by atoms with van der Waals surface area (Å²) in [7, 11) is 0. The fourth-order valence-corrected chi connectivity index (χ4v) is 4.12. The van der Waals surface area contributed by atoms with Crippen LogP contribution in [0.3, 0.4) is 0 Å². The fourth-order valence-electron chi connectivity index (χ4n) is 4.12. The first kappa shape index (κ1) is 17.9. The molecule has 1 saturated carbocycles. The van der Waals surface area contributed by atoms with E-state index in [1.165, 1.54) is 32.1 Å². The van der Waals surface area contributed by atoms with Crippen LogP contribution >= 0.6 is 0 Å². The van der Waals surface area contributed by atoms with Gasteiger partial charge in [0.25, 0.3) is 0 Å². The number of carboxylic acid groups (broad SMARTS) is 1. The maximum atomic E-state index is 12.3. The van der Waals surface area contributed by atoms with Crippen LogP contribution in [0.25, 0.3) is 0 Å². The summed E-state index contributed by atoms with van der Waals surface area (Å²) in [6.07, 6.45) is 9.62. The van der Waals surface area contributed by atoms with Crippen molar-refractivity contribution >= 4 is 11.9 Å². The number of carbonyl (C=O) groups is 2. The van der Waals surface area contributed by atoms with Crippen molar-refractivity contribution in [1.29, 1.82) is 0 Å². The number of nitrogens with one attached hydrogen (secondary N) is 1. The highest BCUT2D eigenvalue weighted by Crippen LogP contribution is 2.32. The van der Waals surface area contributed by atoms with E-state index in [1.54, 1.807) is 12.4 Å². The quantitative estimate of drug-likeness (QED) is 0.822. The first-order valence-corrected chi connectivity index (χ1v) is 9.25. The van der Waals surface area contributed by atoms with E-state index in [2.05, 4.69) is 10.3 Å². The minimum Gasteiger partial charge on any atom is -0.481 e. The van der Waals surface area contributed by atoms with E-state index in [4.69, 9.17) is 0 Å². The first-order valence-electron chi connectivity index (χ1n) is 9.25. The highest BCUT2D eigenvalue weighted by molar-refractivity contribution is 5.78. The van der Waals surface area contributed by atoms with Crippen LogP contribution in [-0.2, 0) is 9.59 Å². The lowest BCUT2D eigenvalue weighted by Crippen LogP contribution is -2.38. The molecular formula is C19H27N3O3. The Kier molecular flexibility index (Phi) is 6.02. The molecule has 0 spiro atoms. The summed E-state index contributed by atoms with van der Waals surface area (Å²) >= 11 is 0. The van der Waals surface area contributed by atoms with Gasteiger partial charge in [0.1, 0.15) is 0 Å². The van der Waals surface area contributed by atoms with Crippen molar-refractivity contribution in [2.75, 3.05) is 26.2 Å². The van der Waals surface area contributed by atoms with Crippen molar-refractivity contribution in [3.8, 4) is 0 Å². The van der Waals surface area contributed by atoms with Crippen LogP contribution in [-0.4, -0.2) is 53.0 Å². The molecule has 25 heavy (non-hydrogen) atoms. The summed E-state index contributed by atoms with van der Waals surface area (Å²) in [6.45, 7) is 2.04. The number of hydrogen-bond acceptors (Lipinski definition) is 4. The molecule has 0 unspecified atom stereocenters. The van der Waals surface area contributed by atoms with Crippen molar-refractivity contribution in [3.63, 3.8) is 0 Å². The van der Waals surface area contributed by atoms with Gasteiger partial charge in [-0.1, -0.05) is 19.3 Å². The van der Waals surface area contributed by atoms with Gasteiger partial charge in [-0.05, 0) is 36.5 Å². The number of hydrogen-bond donors (Lipinski definition) is 2. The Balaban J connectivity index is 1.52. The molecule has 136 valence electrons. The third kappa shape index (κ3) is 4.78. The first-order chi connectivity index (χ1) is 12.1. The number of amides is 1. The van der Waals surface area contributed by atoms with Gasteiger partial charge in [0.15, 0.2) is 0 Å². The van der Waals surface area contributed by atoms with E-state index in [0.29, 0.717) is 19.0 Å². The number of likely N-dealkylation sites (tertiary alicyclic amines) is 1. The Morgan fingerprint density at radius 3 is 2.56 bits per heavy atom. The van der Waals surface area contributed by atoms with Gasteiger partial charge in [0.05, 0.1) is 12.5 Å². The summed E-state index contributed by atoms with van der Waals surface area (Å²) in [4.78, 5) is 29.8. The van der Waals surface area contributed by atoms with E-state index >= 15 is 0 Å². The number of carboxylic acids is 1. The van der Waals surface area contributed by atoms with E-state index in [-0.39, 0.29) is 18.4 Å². The SMILES string of the molecule is O=C(CN1C[C@@H](C(=O)O)[C@H](c2ccncc2)C1)NCC1CCCCC1. The summed E-state index contributed by atoms with van der Waals surface area (Å²) in [5, 5.41) is 12.6. The Morgan fingerprint density at radius 2 is 1.88 bits per heavy atom. The van der Waals surface area contributed by atoms with Crippen molar-refractivity contribution < 1.29 is 14.7 Å². The molecule has 1 aromatic heterocycles. The second-order valence-corrected chi connectivity index (χ2v) is 7.33. The van der Waals surface area contributed by atoms with Crippen LogP contribution in [0.1, 0.15) is 43.6 Å². The average molecular weight is 345 g/mol. The van der Waals surface area contributed by atoms with Crippen LogP contribution in [0.4, 0.5) is 0 Å². The highest BCUT2D eigenvalue weighted by atomic mass is 16.4. The zero-order chi connectivity index (χ0) is 17.6. The van der Waals surface area contributed by atoms with Gasteiger partial charge in [-0.3, -0.25) is 19.5 Å². The zero-order valence-corrected chi connectivity index (χ0v) is 14.6. The van der Waals surface area contributed by atoms with E-state index in [0.717, 1.165) is 12.1 Å². The molecule has 2 aliphatic rings. The number of carbonyl (C=O) groups excluding carboxylic acids is 1. The monoisotopic (exact) mass is 345 g/mol. The lowest BCUT2D eigenvalue weighted by atomic mass is 9.89. The third-order valence-electron chi connectivity index (χ3n) is 5.53. The average Bonchev–Trinajstić information content (AvgIpc) is 3.06. The predicted octanol–water partition coefficient (Wildman–Crippen LogP) is 1.88. The van der Waals surface area contributed by atoms with Crippen LogP contribution in [0.15, 0.2) is 24.5 Å². The van der Waals surface area contributed by atoms with Gasteiger partial charge >= 0.3 is 5.97 Å². The molecule has 6 heteroatoms. The molecule has 1 saturated heterocycles. The fraction of sp³-hybridized carbons (Fsp3) is 0.632. The van der Waals surface area contributed by atoms with Gasteiger partial charge in [-0.15, -0.1) is 0 Å². The van der Waals surface area contributed by atoms with Crippen molar-refractivity contribution in [2.24, 2.45) is 11.8 Å². The molecule has 1 aliphatic heterocycles. The van der Waals surface area contributed by atoms with Crippen LogP contribution in [0, 0.1) is 11.8 Å². The molecule has 0 aromatic carbocycles.